The Morgan fingerprint density at radius 1 is 0.931 bits per heavy atom. The zero-order valence-electron chi connectivity index (χ0n) is 20.1. The van der Waals surface area contributed by atoms with Crippen molar-refractivity contribution in [1.82, 2.24) is 0 Å². The molecule has 1 saturated carbocycles. The number of hydrogen-bond acceptors (Lipinski definition) is 4. The topological polar surface area (TPSA) is 44.8 Å². The average Bonchev–Trinajstić information content (AvgIpc) is 2.75. The fourth-order valence-corrected chi connectivity index (χ4v) is 11.8. The molecular formula is C23H47O4Si2. The Hall–Kier alpha value is -0.176. The van der Waals surface area contributed by atoms with Crippen LogP contribution in [-0.4, -0.2) is 36.8 Å². The van der Waals surface area contributed by atoms with Crippen LogP contribution in [0, 0.1) is 0 Å². The minimum atomic E-state index is -2.16. The highest BCUT2D eigenvalue weighted by Gasteiger charge is 2.52. The Balaban J connectivity index is 3.19. The quantitative estimate of drug-likeness (QED) is 0.252. The van der Waals surface area contributed by atoms with Crippen molar-refractivity contribution in [2.45, 2.75) is 128 Å². The molecule has 0 heterocycles. The molecule has 1 aliphatic carbocycles. The second kappa shape index (κ2) is 14.0. The van der Waals surface area contributed by atoms with Crippen LogP contribution in [-0.2, 0) is 18.1 Å². The fraction of sp³-hybridized carbons (Fsp3) is 0.957. The Labute approximate surface area is 183 Å². The monoisotopic (exact) mass is 443 g/mol. The Kier molecular flexibility index (Phi) is 13.0. The third kappa shape index (κ3) is 7.47. The molecule has 0 N–H and O–H groups in total. The first-order valence-corrected chi connectivity index (χ1v) is 16.0. The van der Waals surface area contributed by atoms with E-state index in [4.69, 9.17) is 13.3 Å². The first-order valence-electron chi connectivity index (χ1n) is 12.3. The molecule has 6 heteroatoms. The van der Waals surface area contributed by atoms with Gasteiger partial charge in [-0.25, -0.2) is 0 Å². The van der Waals surface area contributed by atoms with E-state index in [0.29, 0.717) is 25.2 Å². The summed E-state index contributed by atoms with van der Waals surface area (Å²) in [7, 11) is -3.89. The number of rotatable bonds is 15. The summed E-state index contributed by atoms with van der Waals surface area (Å²) in [5.41, 5.74) is 0.634. The van der Waals surface area contributed by atoms with Crippen molar-refractivity contribution >= 4 is 23.6 Å². The van der Waals surface area contributed by atoms with Crippen LogP contribution >= 0.6 is 0 Å². The highest BCUT2D eigenvalue weighted by molar-refractivity contribution is 6.77. The summed E-state index contributed by atoms with van der Waals surface area (Å²) < 4.78 is 18.7. The molecular weight excluding hydrogens is 396 g/mol. The summed E-state index contributed by atoms with van der Waals surface area (Å²) in [6, 6.07) is 2.26. The van der Waals surface area contributed by atoms with Crippen LogP contribution < -0.4 is 0 Å². The lowest BCUT2D eigenvalue weighted by atomic mass is 10.0. The lowest BCUT2D eigenvalue weighted by molar-refractivity contribution is -0.139. The SMILES string of the molecule is CCCC[Si](CCCC)(OC(=O)C(C)(CC)[Si](OCC)OCC)C1CCCCC1. The van der Waals surface area contributed by atoms with Gasteiger partial charge in [-0.2, -0.15) is 0 Å². The predicted octanol–water partition coefficient (Wildman–Crippen LogP) is 7.14. The highest BCUT2D eigenvalue weighted by Crippen LogP contribution is 2.46. The van der Waals surface area contributed by atoms with E-state index in [-0.39, 0.29) is 5.97 Å². The van der Waals surface area contributed by atoms with Gasteiger partial charge in [0.05, 0.1) is 0 Å². The lowest BCUT2D eigenvalue weighted by Gasteiger charge is -2.43. The van der Waals surface area contributed by atoms with E-state index in [1.54, 1.807) is 0 Å². The molecule has 0 saturated heterocycles. The zero-order chi connectivity index (χ0) is 21.8. The minimum absolute atomic E-state index is 0.0276. The third-order valence-electron chi connectivity index (χ3n) is 6.71. The molecule has 0 aromatic carbocycles. The van der Waals surface area contributed by atoms with Gasteiger partial charge in [0.2, 0.25) is 0 Å². The summed E-state index contributed by atoms with van der Waals surface area (Å²) in [6.07, 6.45) is 11.8. The second-order valence-corrected chi connectivity index (χ2v) is 15.2. The Morgan fingerprint density at radius 3 is 1.86 bits per heavy atom. The molecule has 1 atom stereocenters. The van der Waals surface area contributed by atoms with Crippen LogP contribution in [0.3, 0.4) is 0 Å². The highest BCUT2D eigenvalue weighted by atomic mass is 28.4. The molecule has 1 aliphatic rings. The first-order chi connectivity index (χ1) is 13.9. The molecule has 0 aliphatic heterocycles. The average molecular weight is 444 g/mol. The molecule has 0 amide bonds. The van der Waals surface area contributed by atoms with Crippen LogP contribution in [0.2, 0.25) is 22.7 Å². The lowest BCUT2D eigenvalue weighted by Crippen LogP contribution is -2.51. The van der Waals surface area contributed by atoms with E-state index >= 15 is 0 Å². The summed E-state index contributed by atoms with van der Waals surface area (Å²) >= 11 is 0. The molecule has 1 radical (unpaired) electrons. The molecule has 1 rings (SSSR count). The van der Waals surface area contributed by atoms with Gasteiger partial charge in [-0.1, -0.05) is 65.7 Å². The molecule has 29 heavy (non-hydrogen) atoms. The van der Waals surface area contributed by atoms with Crippen LogP contribution in [0.25, 0.3) is 0 Å². The van der Waals surface area contributed by atoms with Gasteiger partial charge in [0.1, 0.15) is 5.04 Å². The van der Waals surface area contributed by atoms with Crippen molar-refractivity contribution < 1.29 is 18.1 Å². The van der Waals surface area contributed by atoms with Crippen LogP contribution in [0.15, 0.2) is 0 Å². The van der Waals surface area contributed by atoms with E-state index in [1.807, 2.05) is 20.8 Å². The number of carbonyl (C=O) groups is 1. The van der Waals surface area contributed by atoms with Gasteiger partial charge in [-0.05, 0) is 57.7 Å². The van der Waals surface area contributed by atoms with E-state index in [2.05, 4.69) is 20.8 Å². The van der Waals surface area contributed by atoms with Crippen molar-refractivity contribution in [3.8, 4) is 0 Å². The molecule has 0 spiro atoms. The Bertz CT molecular complexity index is 440. The van der Waals surface area contributed by atoms with Gasteiger partial charge < -0.3 is 13.3 Å². The molecule has 0 bridgehead atoms. The number of unbranched alkanes of at least 4 members (excludes halogenated alkanes) is 2. The normalized spacial score (nSPS) is 18.0. The molecule has 1 unspecified atom stereocenters. The van der Waals surface area contributed by atoms with E-state index in [9.17, 15) is 4.79 Å². The van der Waals surface area contributed by atoms with Crippen LogP contribution in [0.1, 0.15) is 106 Å². The van der Waals surface area contributed by atoms with Crippen molar-refractivity contribution in [1.29, 1.82) is 0 Å². The first kappa shape index (κ1) is 26.9. The van der Waals surface area contributed by atoms with Crippen molar-refractivity contribution in [3.63, 3.8) is 0 Å². The van der Waals surface area contributed by atoms with Crippen molar-refractivity contribution in [2.24, 2.45) is 0 Å². The summed E-state index contributed by atoms with van der Waals surface area (Å²) in [5, 5.41) is -0.651. The maximum atomic E-state index is 13.7. The van der Waals surface area contributed by atoms with Gasteiger partial charge in [0.15, 0.2) is 0 Å². The molecule has 4 nitrogen and oxygen atoms in total. The van der Waals surface area contributed by atoms with Crippen molar-refractivity contribution in [2.75, 3.05) is 13.2 Å². The van der Waals surface area contributed by atoms with Gasteiger partial charge >= 0.3 is 9.28 Å². The fourth-order valence-electron chi connectivity index (χ4n) is 4.59. The number of carbonyl (C=O) groups excluding carboxylic acids is 1. The van der Waals surface area contributed by atoms with Gasteiger partial charge in [0.25, 0.3) is 14.3 Å². The summed E-state index contributed by atoms with van der Waals surface area (Å²) in [4.78, 5) is 13.7. The van der Waals surface area contributed by atoms with Crippen LogP contribution in [0.5, 0.6) is 0 Å². The van der Waals surface area contributed by atoms with Gasteiger partial charge in [0, 0.05) is 13.2 Å². The smallest absolute Gasteiger partial charge is 0.402 e. The predicted molar refractivity (Wildman–Crippen MR) is 126 cm³/mol. The van der Waals surface area contributed by atoms with E-state index < -0.39 is 22.6 Å². The molecule has 171 valence electrons. The van der Waals surface area contributed by atoms with Crippen molar-refractivity contribution in [3.05, 3.63) is 0 Å². The maximum Gasteiger partial charge on any atom is 0.402 e. The van der Waals surface area contributed by atoms with E-state index in [1.165, 1.54) is 57.8 Å². The summed E-state index contributed by atoms with van der Waals surface area (Å²) in [6.45, 7) is 13.7. The zero-order valence-corrected chi connectivity index (χ0v) is 22.1. The standard InChI is InChI=1S/C23H47O4Si2/c1-7-12-19-29(20-13-8-2,21-17-15-14-16-18-21)27-22(24)23(6,9-3)28(25-10-4)26-11-5/h21H,7-20H2,1-6H3. The van der Waals surface area contributed by atoms with E-state index in [0.717, 1.165) is 12.1 Å². The largest absolute Gasteiger partial charge is 0.518 e. The van der Waals surface area contributed by atoms with Gasteiger partial charge in [-0.3, -0.25) is 4.79 Å². The number of hydrogen-bond donors (Lipinski definition) is 0. The molecule has 1 fully saturated rings. The summed E-state index contributed by atoms with van der Waals surface area (Å²) in [5.74, 6) is -0.0276. The van der Waals surface area contributed by atoms with Gasteiger partial charge in [-0.15, -0.1) is 0 Å². The molecule has 0 aromatic heterocycles. The second-order valence-electron chi connectivity index (χ2n) is 8.84. The Morgan fingerprint density at radius 2 is 1.45 bits per heavy atom. The third-order valence-corrected chi connectivity index (χ3v) is 14.3. The molecule has 0 aromatic rings. The van der Waals surface area contributed by atoms with Crippen LogP contribution in [0.4, 0.5) is 0 Å². The maximum absolute atomic E-state index is 13.7. The minimum Gasteiger partial charge on any atom is -0.518 e.